The average Bonchev–Trinajstić information content (AvgIpc) is 2.75. The van der Waals surface area contributed by atoms with E-state index < -0.39 is 0 Å². The minimum atomic E-state index is 0. The van der Waals surface area contributed by atoms with E-state index in [4.69, 9.17) is 14.7 Å². The summed E-state index contributed by atoms with van der Waals surface area (Å²) in [6.45, 7) is 11.2. The molecule has 0 aliphatic carbocycles. The molecule has 0 amide bonds. The van der Waals surface area contributed by atoms with Crippen LogP contribution in [0, 0.1) is 27.7 Å². The van der Waals surface area contributed by atoms with Crippen molar-refractivity contribution in [2.75, 3.05) is 41.8 Å². The normalized spacial score (nSPS) is 13.1. The molecule has 0 spiro atoms. The Kier molecular flexibility index (Phi) is 9.07. The van der Waals surface area contributed by atoms with Crippen LogP contribution in [-0.2, 0) is 4.74 Å². The number of hydrogen-bond donors (Lipinski definition) is 2. The standard InChI is InChI=1S/C23H28N6O.2ClH/c1-15-7-5-9-19(17(15)3)24-21-26-22(25-20-10-6-8-16(2)18(20)4)28-23(27-21)29-11-13-30-14-12-29;;/h5-10H,11-14H2,1-4H3,(H2,24,25,26,27,28);2*1H. The van der Waals surface area contributed by atoms with Crippen LogP contribution in [0.5, 0.6) is 0 Å². The number of benzene rings is 2. The van der Waals surface area contributed by atoms with E-state index in [1.54, 1.807) is 0 Å². The number of anilines is 5. The van der Waals surface area contributed by atoms with Crippen LogP contribution in [0.25, 0.3) is 0 Å². The van der Waals surface area contributed by atoms with E-state index in [0.717, 1.165) is 24.5 Å². The highest BCUT2D eigenvalue weighted by molar-refractivity contribution is 5.85. The number of ether oxygens (including phenoxy) is 1. The molecule has 1 saturated heterocycles. The van der Waals surface area contributed by atoms with E-state index in [2.05, 4.69) is 60.3 Å². The fraction of sp³-hybridized carbons (Fsp3) is 0.348. The molecule has 0 saturated carbocycles. The summed E-state index contributed by atoms with van der Waals surface area (Å²) < 4.78 is 5.49. The van der Waals surface area contributed by atoms with E-state index >= 15 is 0 Å². The smallest absolute Gasteiger partial charge is 0.233 e. The topological polar surface area (TPSA) is 75.2 Å². The number of morpholine rings is 1. The fourth-order valence-electron chi connectivity index (χ4n) is 3.40. The lowest BCUT2D eigenvalue weighted by Crippen LogP contribution is -2.37. The van der Waals surface area contributed by atoms with Crippen LogP contribution < -0.4 is 15.5 Å². The molecule has 172 valence electrons. The van der Waals surface area contributed by atoms with Crippen molar-refractivity contribution in [2.45, 2.75) is 27.7 Å². The molecule has 3 aromatic rings. The predicted octanol–water partition coefficient (Wildman–Crippen LogP) is 5.27. The van der Waals surface area contributed by atoms with Gasteiger partial charge in [-0.15, -0.1) is 24.8 Å². The summed E-state index contributed by atoms with van der Waals surface area (Å²) in [6, 6.07) is 12.3. The number of halogens is 2. The molecule has 1 aliphatic rings. The highest BCUT2D eigenvalue weighted by Gasteiger charge is 2.17. The molecule has 0 unspecified atom stereocenters. The Balaban J connectivity index is 0.00000181. The van der Waals surface area contributed by atoms with Gasteiger partial charge in [0.2, 0.25) is 17.8 Å². The zero-order valence-corrected chi connectivity index (χ0v) is 20.4. The maximum absolute atomic E-state index is 5.49. The first kappa shape index (κ1) is 25.6. The summed E-state index contributed by atoms with van der Waals surface area (Å²) in [5.41, 5.74) is 6.77. The van der Waals surface area contributed by atoms with Gasteiger partial charge in [-0.2, -0.15) is 15.0 Å². The summed E-state index contributed by atoms with van der Waals surface area (Å²) in [5, 5.41) is 6.77. The minimum Gasteiger partial charge on any atom is -0.378 e. The van der Waals surface area contributed by atoms with E-state index in [9.17, 15) is 0 Å². The molecule has 2 heterocycles. The van der Waals surface area contributed by atoms with Gasteiger partial charge >= 0.3 is 0 Å². The number of hydrogen-bond acceptors (Lipinski definition) is 7. The average molecular weight is 477 g/mol. The molecule has 2 N–H and O–H groups in total. The molecule has 4 rings (SSSR count). The molecular weight excluding hydrogens is 447 g/mol. The lowest BCUT2D eigenvalue weighted by Gasteiger charge is -2.27. The van der Waals surface area contributed by atoms with Gasteiger partial charge in [0, 0.05) is 24.5 Å². The second-order valence-electron chi connectivity index (χ2n) is 7.63. The van der Waals surface area contributed by atoms with Crippen LogP contribution in [0.15, 0.2) is 36.4 Å². The van der Waals surface area contributed by atoms with Crippen molar-refractivity contribution < 1.29 is 4.74 Å². The van der Waals surface area contributed by atoms with Gasteiger partial charge in [-0.05, 0) is 62.1 Å². The third-order valence-corrected chi connectivity index (χ3v) is 5.62. The number of rotatable bonds is 5. The number of nitrogens with zero attached hydrogens (tertiary/aromatic N) is 4. The van der Waals surface area contributed by atoms with E-state index in [1.807, 2.05) is 24.3 Å². The molecule has 7 nitrogen and oxygen atoms in total. The van der Waals surface area contributed by atoms with Crippen LogP contribution in [-0.4, -0.2) is 41.3 Å². The van der Waals surface area contributed by atoms with Gasteiger partial charge in [0.25, 0.3) is 0 Å². The summed E-state index contributed by atoms with van der Waals surface area (Å²) in [5.74, 6) is 1.69. The SMILES string of the molecule is Cc1cccc(Nc2nc(Nc3cccc(C)c3C)nc(N3CCOCC3)n2)c1C.Cl.Cl. The summed E-state index contributed by atoms with van der Waals surface area (Å²) in [4.78, 5) is 16.2. The molecule has 1 aliphatic heterocycles. The lowest BCUT2D eigenvalue weighted by molar-refractivity contribution is 0.122. The third-order valence-electron chi connectivity index (χ3n) is 5.62. The van der Waals surface area contributed by atoms with Gasteiger partial charge in [-0.25, -0.2) is 0 Å². The Morgan fingerprint density at radius 2 is 1.19 bits per heavy atom. The lowest BCUT2D eigenvalue weighted by atomic mass is 10.1. The molecule has 32 heavy (non-hydrogen) atoms. The maximum Gasteiger partial charge on any atom is 0.233 e. The first-order valence-corrected chi connectivity index (χ1v) is 10.3. The number of nitrogens with one attached hydrogen (secondary N) is 2. The Morgan fingerprint density at radius 1 is 0.719 bits per heavy atom. The molecule has 1 aromatic heterocycles. The second kappa shape index (κ2) is 11.3. The van der Waals surface area contributed by atoms with Crippen LogP contribution in [0.2, 0.25) is 0 Å². The van der Waals surface area contributed by atoms with Gasteiger partial charge in [-0.1, -0.05) is 24.3 Å². The monoisotopic (exact) mass is 476 g/mol. The Morgan fingerprint density at radius 3 is 1.66 bits per heavy atom. The number of aromatic nitrogens is 3. The van der Waals surface area contributed by atoms with Gasteiger partial charge in [-0.3, -0.25) is 0 Å². The summed E-state index contributed by atoms with van der Waals surface area (Å²) in [7, 11) is 0. The van der Waals surface area contributed by atoms with Crippen LogP contribution in [0.3, 0.4) is 0 Å². The Labute approximate surface area is 201 Å². The summed E-state index contributed by atoms with van der Waals surface area (Å²) >= 11 is 0. The molecule has 9 heteroatoms. The molecule has 0 atom stereocenters. The molecule has 1 fully saturated rings. The highest BCUT2D eigenvalue weighted by atomic mass is 35.5. The highest BCUT2D eigenvalue weighted by Crippen LogP contribution is 2.25. The molecule has 0 bridgehead atoms. The van der Waals surface area contributed by atoms with Gasteiger partial charge < -0.3 is 20.3 Å². The van der Waals surface area contributed by atoms with Gasteiger partial charge in [0.15, 0.2) is 0 Å². The first-order chi connectivity index (χ1) is 14.5. The van der Waals surface area contributed by atoms with Crippen molar-refractivity contribution in [2.24, 2.45) is 0 Å². The largest absolute Gasteiger partial charge is 0.378 e. The molecule has 2 aromatic carbocycles. The zero-order chi connectivity index (χ0) is 21.1. The van der Waals surface area contributed by atoms with Crippen molar-refractivity contribution in [3.05, 3.63) is 58.7 Å². The van der Waals surface area contributed by atoms with Gasteiger partial charge in [0.05, 0.1) is 13.2 Å². The van der Waals surface area contributed by atoms with Crippen LogP contribution in [0.4, 0.5) is 29.2 Å². The molecule has 0 radical (unpaired) electrons. The number of aryl methyl sites for hydroxylation is 2. The van der Waals surface area contributed by atoms with Gasteiger partial charge in [0.1, 0.15) is 0 Å². The van der Waals surface area contributed by atoms with Crippen LogP contribution >= 0.6 is 24.8 Å². The van der Waals surface area contributed by atoms with E-state index in [1.165, 1.54) is 22.3 Å². The Hall–Kier alpha value is -2.61. The van der Waals surface area contributed by atoms with Crippen molar-refractivity contribution in [3.63, 3.8) is 0 Å². The Bertz CT molecular complexity index is 985. The fourth-order valence-corrected chi connectivity index (χ4v) is 3.40. The maximum atomic E-state index is 5.49. The van der Waals surface area contributed by atoms with E-state index in [-0.39, 0.29) is 24.8 Å². The van der Waals surface area contributed by atoms with E-state index in [0.29, 0.717) is 31.1 Å². The molecular formula is C23H30Cl2N6O. The van der Waals surface area contributed by atoms with Crippen molar-refractivity contribution in [3.8, 4) is 0 Å². The van der Waals surface area contributed by atoms with Crippen LogP contribution in [0.1, 0.15) is 22.3 Å². The third kappa shape index (κ3) is 5.79. The minimum absolute atomic E-state index is 0. The quantitative estimate of drug-likeness (QED) is 0.518. The van der Waals surface area contributed by atoms with Crippen molar-refractivity contribution in [1.29, 1.82) is 0 Å². The van der Waals surface area contributed by atoms with Crippen molar-refractivity contribution in [1.82, 2.24) is 15.0 Å². The predicted molar refractivity (Wildman–Crippen MR) is 136 cm³/mol. The van der Waals surface area contributed by atoms with Crippen molar-refractivity contribution >= 4 is 54.0 Å². The zero-order valence-electron chi connectivity index (χ0n) is 18.8. The second-order valence-corrected chi connectivity index (χ2v) is 7.63. The first-order valence-electron chi connectivity index (χ1n) is 10.3. The summed E-state index contributed by atoms with van der Waals surface area (Å²) in [6.07, 6.45) is 0.